The molecule has 1 unspecified atom stereocenters. The highest BCUT2D eigenvalue weighted by molar-refractivity contribution is 5.81. The van der Waals surface area contributed by atoms with Crippen molar-refractivity contribution >= 4 is 11.4 Å². The number of aliphatic hydroxyl groups excluding tert-OH is 1. The van der Waals surface area contributed by atoms with E-state index in [0.717, 1.165) is 19.5 Å². The van der Waals surface area contributed by atoms with Crippen LogP contribution < -0.4 is 10.6 Å². The maximum atomic E-state index is 9.73. The van der Waals surface area contributed by atoms with E-state index in [4.69, 9.17) is 0 Å². The monoisotopic (exact) mass is 315 g/mol. The zero-order valence-electron chi connectivity index (χ0n) is 14.5. The molecule has 0 bridgehead atoms. The lowest BCUT2D eigenvalue weighted by atomic mass is 9.92. The summed E-state index contributed by atoms with van der Waals surface area (Å²) >= 11 is 0. The number of rotatable bonds is 6. The fourth-order valence-electron chi connectivity index (χ4n) is 3.48. The smallest absolute Gasteiger partial charge is 0.0989 e. The van der Waals surface area contributed by atoms with E-state index < -0.39 is 0 Å². The summed E-state index contributed by atoms with van der Waals surface area (Å²) < 4.78 is 0. The number of hydrogen-bond acceptors (Lipinski definition) is 4. The summed E-state index contributed by atoms with van der Waals surface area (Å²) in [5.41, 5.74) is 4.97. The summed E-state index contributed by atoms with van der Waals surface area (Å²) in [5, 5.41) is 17.0. The van der Waals surface area contributed by atoms with Gasteiger partial charge in [0, 0.05) is 29.8 Å². The molecule has 3 N–H and O–H groups in total. The minimum Gasteiger partial charge on any atom is -0.396 e. The molecule has 2 aliphatic heterocycles. The van der Waals surface area contributed by atoms with Crippen molar-refractivity contribution in [3.8, 4) is 0 Å². The van der Waals surface area contributed by atoms with Crippen molar-refractivity contribution in [1.29, 1.82) is 0 Å². The molecule has 0 saturated carbocycles. The van der Waals surface area contributed by atoms with Crippen LogP contribution in [0.15, 0.2) is 30.0 Å². The number of nitrogens with zero attached hydrogens (tertiary/aromatic N) is 1. The maximum Gasteiger partial charge on any atom is 0.0989 e. The van der Waals surface area contributed by atoms with E-state index in [0.29, 0.717) is 6.17 Å². The van der Waals surface area contributed by atoms with Crippen LogP contribution >= 0.6 is 0 Å². The van der Waals surface area contributed by atoms with Crippen LogP contribution in [0.4, 0.5) is 5.69 Å². The molecule has 0 aromatic heterocycles. The van der Waals surface area contributed by atoms with Gasteiger partial charge in [0.05, 0.1) is 24.1 Å². The van der Waals surface area contributed by atoms with Crippen LogP contribution in [0.5, 0.6) is 0 Å². The number of benzene rings is 1. The third kappa shape index (κ3) is 3.18. The van der Waals surface area contributed by atoms with Gasteiger partial charge in [0.1, 0.15) is 0 Å². The lowest BCUT2D eigenvalue weighted by Crippen LogP contribution is -2.43. The van der Waals surface area contributed by atoms with Crippen LogP contribution in [0.2, 0.25) is 0 Å². The molecule has 0 fully saturated rings. The molecule has 3 rings (SSSR count). The second-order valence-corrected chi connectivity index (χ2v) is 7.48. The number of anilines is 1. The predicted octanol–water partition coefficient (Wildman–Crippen LogP) is 3.22. The number of fused-ring (bicyclic) bond motifs is 2. The van der Waals surface area contributed by atoms with Crippen LogP contribution in [-0.4, -0.2) is 35.9 Å². The highest BCUT2D eigenvalue weighted by atomic mass is 16.3. The number of para-hydroxylation sites is 1. The van der Waals surface area contributed by atoms with Gasteiger partial charge in [0.25, 0.3) is 0 Å². The van der Waals surface area contributed by atoms with Crippen molar-refractivity contribution in [2.45, 2.75) is 46.2 Å². The van der Waals surface area contributed by atoms with E-state index in [9.17, 15) is 5.11 Å². The van der Waals surface area contributed by atoms with Gasteiger partial charge in [-0.25, -0.2) is 0 Å². The molecule has 2 heterocycles. The zero-order chi connectivity index (χ0) is 16.4. The molecule has 1 atom stereocenters. The number of hydrogen-bond donors (Lipinski definition) is 3. The molecule has 0 radical (unpaired) electrons. The Kier molecular flexibility index (Phi) is 4.53. The van der Waals surface area contributed by atoms with Crippen molar-refractivity contribution in [2.24, 2.45) is 5.41 Å². The van der Waals surface area contributed by atoms with Crippen LogP contribution in [0.25, 0.3) is 5.70 Å². The fraction of sp³-hybridized carbons (Fsp3) is 0.579. The predicted molar refractivity (Wildman–Crippen MR) is 95.9 cm³/mol. The zero-order valence-corrected chi connectivity index (χ0v) is 14.5. The summed E-state index contributed by atoms with van der Waals surface area (Å²) in [7, 11) is 0. The van der Waals surface area contributed by atoms with Crippen molar-refractivity contribution < 1.29 is 5.11 Å². The van der Waals surface area contributed by atoms with E-state index in [2.05, 4.69) is 60.6 Å². The summed E-state index contributed by atoms with van der Waals surface area (Å²) in [6, 6.07) is 8.52. The molecular weight excluding hydrogens is 286 g/mol. The van der Waals surface area contributed by atoms with E-state index in [1.165, 1.54) is 35.5 Å². The Morgan fingerprint density at radius 3 is 2.83 bits per heavy atom. The van der Waals surface area contributed by atoms with Gasteiger partial charge in [-0.1, -0.05) is 45.4 Å². The van der Waals surface area contributed by atoms with Crippen molar-refractivity contribution in [3.05, 3.63) is 35.5 Å². The van der Waals surface area contributed by atoms with Crippen molar-refractivity contribution in [2.75, 3.05) is 25.0 Å². The molecule has 1 aromatic carbocycles. The van der Waals surface area contributed by atoms with E-state index in [-0.39, 0.29) is 12.0 Å². The summed E-state index contributed by atoms with van der Waals surface area (Å²) in [4.78, 5) is 2.49. The number of nitrogens with one attached hydrogen (secondary N) is 2. The van der Waals surface area contributed by atoms with Crippen LogP contribution in [0.1, 0.15) is 45.6 Å². The first-order valence-corrected chi connectivity index (χ1v) is 8.76. The van der Waals surface area contributed by atoms with E-state index >= 15 is 0 Å². The van der Waals surface area contributed by atoms with Crippen LogP contribution in [-0.2, 0) is 0 Å². The largest absolute Gasteiger partial charge is 0.396 e. The number of aliphatic hydroxyl groups is 1. The third-order valence-electron chi connectivity index (χ3n) is 4.79. The van der Waals surface area contributed by atoms with Gasteiger partial charge >= 0.3 is 0 Å². The average Bonchev–Trinajstić information content (AvgIpc) is 2.90. The molecule has 0 saturated heterocycles. The molecule has 2 aliphatic rings. The Hall–Kier alpha value is -1.68. The average molecular weight is 315 g/mol. The highest BCUT2D eigenvalue weighted by Crippen LogP contribution is 2.39. The third-order valence-corrected chi connectivity index (χ3v) is 4.79. The maximum absolute atomic E-state index is 9.73. The standard InChI is InChI=1S/C19H29N3O/c1-4-5-10-17-21-16-11-20-15-9-7-6-8-14(15)18(16)22(17)12-19(2,3)13-23/h6-9,17,20-21,23H,4-5,10-13H2,1-3H3. The summed E-state index contributed by atoms with van der Waals surface area (Å²) in [6.45, 7) is 8.42. The second kappa shape index (κ2) is 6.44. The van der Waals surface area contributed by atoms with Gasteiger partial charge in [0.15, 0.2) is 0 Å². The molecule has 23 heavy (non-hydrogen) atoms. The van der Waals surface area contributed by atoms with Gasteiger partial charge in [0.2, 0.25) is 0 Å². The minimum atomic E-state index is -0.117. The summed E-state index contributed by atoms with van der Waals surface area (Å²) in [5.74, 6) is 0. The fourth-order valence-corrected chi connectivity index (χ4v) is 3.48. The second-order valence-electron chi connectivity index (χ2n) is 7.48. The molecule has 0 aliphatic carbocycles. The van der Waals surface area contributed by atoms with Gasteiger partial charge in [-0.3, -0.25) is 0 Å². The van der Waals surface area contributed by atoms with E-state index in [1.807, 2.05) is 0 Å². The van der Waals surface area contributed by atoms with Crippen LogP contribution in [0, 0.1) is 5.41 Å². The first-order chi connectivity index (χ1) is 11.1. The Labute approximate surface area is 139 Å². The lowest BCUT2D eigenvalue weighted by Gasteiger charge is -2.36. The molecular formula is C19H29N3O. The van der Waals surface area contributed by atoms with Gasteiger partial charge in [-0.15, -0.1) is 0 Å². The first-order valence-electron chi connectivity index (χ1n) is 8.76. The molecule has 126 valence electrons. The Bertz CT molecular complexity index is 594. The Morgan fingerprint density at radius 2 is 2.09 bits per heavy atom. The topological polar surface area (TPSA) is 47.5 Å². The minimum absolute atomic E-state index is 0.117. The SMILES string of the molecule is CCCCC1NC2=C(c3ccccc3NC2)N1CC(C)(C)CO. The Balaban J connectivity index is 1.94. The van der Waals surface area contributed by atoms with Crippen LogP contribution in [0.3, 0.4) is 0 Å². The van der Waals surface area contributed by atoms with Gasteiger partial charge < -0.3 is 20.6 Å². The van der Waals surface area contributed by atoms with Crippen molar-refractivity contribution in [3.63, 3.8) is 0 Å². The van der Waals surface area contributed by atoms with Gasteiger partial charge in [-0.05, 0) is 18.9 Å². The molecule has 4 nitrogen and oxygen atoms in total. The molecule has 0 amide bonds. The van der Waals surface area contributed by atoms with Gasteiger partial charge in [-0.2, -0.15) is 0 Å². The molecule has 1 aromatic rings. The number of unbranched alkanes of at least 4 members (excludes halogenated alkanes) is 1. The Morgan fingerprint density at radius 1 is 1.30 bits per heavy atom. The van der Waals surface area contributed by atoms with Crippen molar-refractivity contribution in [1.82, 2.24) is 10.2 Å². The molecule has 0 spiro atoms. The normalized spacial score (nSPS) is 20.0. The molecule has 4 heteroatoms. The summed E-state index contributed by atoms with van der Waals surface area (Å²) in [6.07, 6.45) is 3.88. The lowest BCUT2D eigenvalue weighted by molar-refractivity contribution is 0.109. The van der Waals surface area contributed by atoms with E-state index in [1.54, 1.807) is 0 Å². The highest BCUT2D eigenvalue weighted by Gasteiger charge is 2.37. The quantitative estimate of drug-likeness (QED) is 0.754. The first kappa shape index (κ1) is 16.2.